The Hall–Kier alpha value is -3.59. The second kappa shape index (κ2) is 8.19. The number of esters is 1. The smallest absolute Gasteiger partial charge is 0.336 e. The maximum Gasteiger partial charge on any atom is 0.336 e. The third-order valence-corrected chi connectivity index (χ3v) is 4.19. The monoisotopic (exact) mass is 362 g/mol. The van der Waals surface area contributed by atoms with Crippen molar-refractivity contribution in [2.45, 2.75) is 12.8 Å². The van der Waals surface area contributed by atoms with E-state index in [9.17, 15) is 9.59 Å². The number of carbonyl (C=O) groups is 2. The van der Waals surface area contributed by atoms with Gasteiger partial charge in [0, 0.05) is 30.8 Å². The molecule has 0 spiro atoms. The van der Waals surface area contributed by atoms with Gasteiger partial charge in [-0.15, -0.1) is 0 Å². The van der Waals surface area contributed by atoms with Crippen LogP contribution in [0.15, 0.2) is 48.5 Å². The molecule has 2 aromatic rings. The van der Waals surface area contributed by atoms with Crippen LogP contribution < -0.4 is 14.4 Å². The summed E-state index contributed by atoms with van der Waals surface area (Å²) in [5.74, 6) is 0.138. The average molecular weight is 362 g/mol. The molecule has 1 amide bonds. The third-order valence-electron chi connectivity index (χ3n) is 4.19. The number of rotatable bonds is 5. The van der Waals surface area contributed by atoms with Crippen LogP contribution in [0.25, 0.3) is 6.08 Å². The maximum absolute atomic E-state index is 12.0. The van der Waals surface area contributed by atoms with Crippen molar-refractivity contribution in [3.63, 3.8) is 0 Å². The fraction of sp³-hybridized carbons (Fsp3) is 0.190. The van der Waals surface area contributed by atoms with Crippen molar-refractivity contribution in [2.24, 2.45) is 0 Å². The van der Waals surface area contributed by atoms with Gasteiger partial charge in [-0.1, -0.05) is 12.1 Å². The highest BCUT2D eigenvalue weighted by molar-refractivity contribution is 5.95. The summed E-state index contributed by atoms with van der Waals surface area (Å²) in [6.45, 7) is 0.743. The first-order chi connectivity index (χ1) is 13.1. The molecule has 27 heavy (non-hydrogen) atoms. The number of nitrogens with zero attached hydrogens (tertiary/aromatic N) is 2. The Bertz CT molecular complexity index is 926. The molecule has 0 saturated carbocycles. The van der Waals surface area contributed by atoms with E-state index in [1.807, 2.05) is 30.3 Å². The second-order valence-electron chi connectivity index (χ2n) is 5.97. The molecule has 2 aromatic carbocycles. The summed E-state index contributed by atoms with van der Waals surface area (Å²) in [5, 5.41) is 8.90. The van der Waals surface area contributed by atoms with Crippen LogP contribution >= 0.6 is 0 Å². The van der Waals surface area contributed by atoms with Crippen molar-refractivity contribution in [1.82, 2.24) is 0 Å². The minimum atomic E-state index is -0.559. The topological polar surface area (TPSA) is 79.6 Å². The van der Waals surface area contributed by atoms with E-state index >= 15 is 0 Å². The highest BCUT2D eigenvalue weighted by Gasteiger charge is 2.21. The number of hydrogen-bond donors (Lipinski definition) is 0. The number of amides is 1. The Labute approximate surface area is 157 Å². The van der Waals surface area contributed by atoms with Crippen LogP contribution in [0.2, 0.25) is 0 Å². The predicted molar refractivity (Wildman–Crippen MR) is 100 cm³/mol. The SMILES string of the molecule is COc1cc(C#N)ccc1OC(=O)/C=C/c1ccc(N2CCCC2=O)cc1. The molecule has 1 aliphatic heterocycles. The van der Waals surface area contributed by atoms with Gasteiger partial charge in [0.1, 0.15) is 0 Å². The van der Waals surface area contributed by atoms with Crippen molar-refractivity contribution < 1.29 is 19.1 Å². The Kier molecular flexibility index (Phi) is 5.53. The number of anilines is 1. The fourth-order valence-electron chi connectivity index (χ4n) is 2.81. The average Bonchev–Trinajstić information content (AvgIpc) is 3.13. The molecule has 0 unspecified atom stereocenters. The highest BCUT2D eigenvalue weighted by atomic mass is 16.6. The molecular weight excluding hydrogens is 344 g/mol. The molecule has 136 valence electrons. The van der Waals surface area contributed by atoms with Crippen molar-refractivity contribution in [2.75, 3.05) is 18.6 Å². The molecule has 0 aromatic heterocycles. The predicted octanol–water partition coefficient (Wildman–Crippen LogP) is 3.31. The summed E-state index contributed by atoms with van der Waals surface area (Å²) in [5.41, 5.74) is 2.09. The van der Waals surface area contributed by atoms with E-state index in [2.05, 4.69) is 0 Å². The fourth-order valence-corrected chi connectivity index (χ4v) is 2.81. The van der Waals surface area contributed by atoms with Crippen LogP contribution in [0.3, 0.4) is 0 Å². The Morgan fingerprint density at radius 2 is 1.96 bits per heavy atom. The minimum absolute atomic E-state index is 0.137. The third kappa shape index (κ3) is 4.33. The standard InChI is InChI=1S/C21H18N2O4/c1-26-19-13-16(14-22)6-10-18(19)27-21(25)11-7-15-4-8-17(9-5-15)23-12-2-3-20(23)24/h4-11,13H,2-3,12H2,1H3/b11-7+. The molecule has 1 fully saturated rings. The van der Waals surface area contributed by atoms with Crippen LogP contribution in [0, 0.1) is 11.3 Å². The molecule has 0 atom stereocenters. The summed E-state index contributed by atoms with van der Waals surface area (Å²) in [7, 11) is 1.44. The number of carbonyl (C=O) groups excluding carboxylic acids is 2. The molecule has 1 saturated heterocycles. The molecule has 1 heterocycles. The highest BCUT2D eigenvalue weighted by Crippen LogP contribution is 2.28. The normalized spacial score (nSPS) is 13.6. The zero-order valence-corrected chi connectivity index (χ0v) is 14.8. The minimum Gasteiger partial charge on any atom is -0.493 e. The largest absolute Gasteiger partial charge is 0.493 e. The number of methoxy groups -OCH3 is 1. The Morgan fingerprint density at radius 1 is 1.19 bits per heavy atom. The van der Waals surface area contributed by atoms with Crippen molar-refractivity contribution in [3.05, 3.63) is 59.7 Å². The first-order valence-corrected chi connectivity index (χ1v) is 8.49. The number of benzene rings is 2. The van der Waals surface area contributed by atoms with Crippen molar-refractivity contribution in [3.8, 4) is 17.6 Å². The summed E-state index contributed by atoms with van der Waals surface area (Å²) in [4.78, 5) is 25.6. The molecular formula is C21H18N2O4. The lowest BCUT2D eigenvalue weighted by Gasteiger charge is -2.15. The molecule has 6 nitrogen and oxygen atoms in total. The molecule has 0 aliphatic carbocycles. The van der Waals surface area contributed by atoms with Crippen LogP contribution in [0.4, 0.5) is 5.69 Å². The molecule has 6 heteroatoms. The lowest BCUT2D eigenvalue weighted by molar-refractivity contribution is -0.129. The summed E-state index contributed by atoms with van der Waals surface area (Å²) >= 11 is 0. The van der Waals surface area contributed by atoms with Crippen molar-refractivity contribution >= 4 is 23.6 Å². The zero-order chi connectivity index (χ0) is 19.2. The quantitative estimate of drug-likeness (QED) is 0.463. The zero-order valence-electron chi connectivity index (χ0n) is 14.8. The van der Waals surface area contributed by atoms with Gasteiger partial charge in [-0.05, 0) is 42.3 Å². The lowest BCUT2D eigenvalue weighted by atomic mass is 10.2. The summed E-state index contributed by atoms with van der Waals surface area (Å²) < 4.78 is 10.4. The van der Waals surface area contributed by atoms with Crippen LogP contribution in [-0.2, 0) is 9.59 Å². The van der Waals surface area contributed by atoms with E-state index in [0.717, 1.165) is 24.2 Å². The van der Waals surface area contributed by atoms with E-state index in [0.29, 0.717) is 17.7 Å². The van der Waals surface area contributed by atoms with E-state index in [1.54, 1.807) is 17.0 Å². The molecule has 1 aliphatic rings. The number of nitriles is 1. The first kappa shape index (κ1) is 18.2. The van der Waals surface area contributed by atoms with E-state index in [1.165, 1.54) is 25.3 Å². The van der Waals surface area contributed by atoms with Gasteiger partial charge in [0.05, 0.1) is 18.7 Å². The van der Waals surface area contributed by atoms with E-state index in [-0.39, 0.29) is 11.7 Å². The second-order valence-corrected chi connectivity index (χ2v) is 5.97. The van der Waals surface area contributed by atoms with Crippen molar-refractivity contribution in [1.29, 1.82) is 5.26 Å². The van der Waals surface area contributed by atoms with Gasteiger partial charge in [-0.3, -0.25) is 4.79 Å². The molecule has 0 N–H and O–H groups in total. The lowest BCUT2D eigenvalue weighted by Crippen LogP contribution is -2.23. The van der Waals surface area contributed by atoms with Gasteiger partial charge in [-0.25, -0.2) is 4.79 Å². The van der Waals surface area contributed by atoms with E-state index < -0.39 is 5.97 Å². The first-order valence-electron chi connectivity index (χ1n) is 8.49. The van der Waals surface area contributed by atoms with Gasteiger partial charge in [0.2, 0.25) is 5.91 Å². The molecule has 0 radical (unpaired) electrons. The van der Waals surface area contributed by atoms with Gasteiger partial charge in [0.15, 0.2) is 11.5 Å². The van der Waals surface area contributed by atoms with Crippen LogP contribution in [0.1, 0.15) is 24.0 Å². The number of hydrogen-bond acceptors (Lipinski definition) is 5. The molecule has 0 bridgehead atoms. The molecule has 3 rings (SSSR count). The Balaban J connectivity index is 1.65. The summed E-state index contributed by atoms with van der Waals surface area (Å²) in [6, 6.07) is 14.0. The summed E-state index contributed by atoms with van der Waals surface area (Å²) in [6.07, 6.45) is 4.42. The number of ether oxygens (including phenoxy) is 2. The van der Waals surface area contributed by atoms with E-state index in [4.69, 9.17) is 14.7 Å². The van der Waals surface area contributed by atoms with Gasteiger partial charge >= 0.3 is 5.97 Å². The Morgan fingerprint density at radius 3 is 2.59 bits per heavy atom. The van der Waals surface area contributed by atoms with Gasteiger partial charge < -0.3 is 14.4 Å². The maximum atomic E-state index is 12.0. The van der Waals surface area contributed by atoms with Crippen LogP contribution in [-0.4, -0.2) is 25.5 Å². The van der Waals surface area contributed by atoms with Gasteiger partial charge in [-0.2, -0.15) is 5.26 Å². The van der Waals surface area contributed by atoms with Crippen LogP contribution in [0.5, 0.6) is 11.5 Å². The van der Waals surface area contributed by atoms with Gasteiger partial charge in [0.25, 0.3) is 0 Å².